The van der Waals surface area contributed by atoms with Crippen molar-refractivity contribution in [2.45, 2.75) is 44.9 Å². The number of carbonyl (C=O) groups excluding carboxylic acids is 1. The lowest BCUT2D eigenvalue weighted by Crippen LogP contribution is -2.31. The number of nitrogens with zero attached hydrogens (tertiary/aromatic N) is 3. The van der Waals surface area contributed by atoms with Crippen molar-refractivity contribution >= 4 is 33.2 Å². The van der Waals surface area contributed by atoms with E-state index in [4.69, 9.17) is 16.1 Å². The van der Waals surface area contributed by atoms with Gasteiger partial charge >= 0.3 is 0 Å². The van der Waals surface area contributed by atoms with Gasteiger partial charge in [-0.15, -0.1) is 0 Å². The zero-order valence-corrected chi connectivity index (χ0v) is 20.8. The summed E-state index contributed by atoms with van der Waals surface area (Å²) in [5.41, 5.74) is 1.20. The fourth-order valence-electron chi connectivity index (χ4n) is 3.10. The Morgan fingerprint density at radius 1 is 1.09 bits per heavy atom. The smallest absolute Gasteiger partial charge is 0.255 e. The molecular weight excluding hydrogens is 464 g/mol. The van der Waals surface area contributed by atoms with Crippen LogP contribution in [0.2, 0.25) is 5.02 Å². The van der Waals surface area contributed by atoms with Crippen molar-refractivity contribution in [3.63, 3.8) is 0 Å². The number of amides is 1. The second kappa shape index (κ2) is 9.62. The lowest BCUT2D eigenvalue weighted by Gasteiger charge is -2.19. The summed E-state index contributed by atoms with van der Waals surface area (Å²) in [4.78, 5) is 17.1. The van der Waals surface area contributed by atoms with Crippen LogP contribution in [0.4, 0.5) is 5.69 Å². The summed E-state index contributed by atoms with van der Waals surface area (Å²) in [5.74, 6) is 0.542. The van der Waals surface area contributed by atoms with Gasteiger partial charge in [-0.05, 0) is 42.5 Å². The van der Waals surface area contributed by atoms with Crippen LogP contribution in [0.3, 0.4) is 0 Å². The largest absolute Gasteiger partial charge is 0.338 e. The Morgan fingerprint density at radius 3 is 2.27 bits per heavy atom. The first kappa shape index (κ1) is 24.9. The molecule has 1 heterocycles. The van der Waals surface area contributed by atoms with Crippen LogP contribution in [0, 0.1) is 0 Å². The fraction of sp³-hybridized carbons (Fsp3) is 0.348. The molecule has 0 atom stereocenters. The average molecular weight is 491 g/mol. The van der Waals surface area contributed by atoms with E-state index in [1.807, 2.05) is 20.8 Å². The third-order valence-electron chi connectivity index (χ3n) is 4.99. The quantitative estimate of drug-likeness (QED) is 0.501. The lowest BCUT2D eigenvalue weighted by atomic mass is 9.97. The molecule has 0 fully saturated rings. The van der Waals surface area contributed by atoms with Crippen LogP contribution in [0.15, 0.2) is 51.9 Å². The van der Waals surface area contributed by atoms with Gasteiger partial charge in [0.25, 0.3) is 5.91 Å². The van der Waals surface area contributed by atoms with Crippen molar-refractivity contribution in [2.24, 2.45) is 0 Å². The van der Waals surface area contributed by atoms with E-state index < -0.39 is 15.9 Å². The molecule has 1 N–H and O–H groups in total. The predicted molar refractivity (Wildman–Crippen MR) is 128 cm³/mol. The Balaban J connectivity index is 1.80. The van der Waals surface area contributed by atoms with Gasteiger partial charge in [-0.3, -0.25) is 4.79 Å². The number of halogens is 1. The van der Waals surface area contributed by atoms with E-state index in [0.29, 0.717) is 30.5 Å². The molecule has 0 spiro atoms. The van der Waals surface area contributed by atoms with Crippen molar-refractivity contribution in [1.82, 2.24) is 14.4 Å². The topological polar surface area (TPSA) is 105 Å². The molecule has 176 valence electrons. The SMILES string of the molecule is CCN(CC)S(=O)(=O)c1cc(C(=O)Nc2ccc(-c3noc(C(C)(C)C)n3)cc2)ccc1Cl. The number of anilines is 1. The summed E-state index contributed by atoms with van der Waals surface area (Å²) in [5, 5.41) is 6.85. The van der Waals surface area contributed by atoms with Crippen molar-refractivity contribution in [3.8, 4) is 11.4 Å². The summed E-state index contributed by atoms with van der Waals surface area (Å²) in [6.07, 6.45) is 0. The van der Waals surface area contributed by atoms with Gasteiger partial charge in [-0.2, -0.15) is 9.29 Å². The Hall–Kier alpha value is -2.75. The van der Waals surface area contributed by atoms with Crippen molar-refractivity contribution in [2.75, 3.05) is 18.4 Å². The van der Waals surface area contributed by atoms with Gasteiger partial charge in [0, 0.05) is 35.3 Å². The van der Waals surface area contributed by atoms with E-state index in [1.165, 1.54) is 22.5 Å². The summed E-state index contributed by atoms with van der Waals surface area (Å²) in [6, 6.07) is 11.2. The monoisotopic (exact) mass is 490 g/mol. The molecule has 1 aromatic heterocycles. The number of sulfonamides is 1. The highest BCUT2D eigenvalue weighted by molar-refractivity contribution is 7.89. The minimum Gasteiger partial charge on any atom is -0.338 e. The molecule has 0 radical (unpaired) electrons. The summed E-state index contributed by atoms with van der Waals surface area (Å²) < 4.78 is 32.4. The van der Waals surface area contributed by atoms with E-state index in [9.17, 15) is 13.2 Å². The van der Waals surface area contributed by atoms with Gasteiger partial charge in [0.1, 0.15) is 4.90 Å². The molecule has 8 nitrogen and oxygen atoms in total. The molecule has 0 saturated heterocycles. The minimum atomic E-state index is -3.81. The Bertz CT molecular complexity index is 1240. The Kier molecular flexibility index (Phi) is 7.26. The second-order valence-corrected chi connectivity index (χ2v) is 10.8. The zero-order valence-electron chi connectivity index (χ0n) is 19.2. The number of rotatable bonds is 7. The van der Waals surface area contributed by atoms with Crippen LogP contribution in [0.1, 0.15) is 50.9 Å². The van der Waals surface area contributed by atoms with E-state index in [0.717, 1.165) is 5.56 Å². The first-order valence-electron chi connectivity index (χ1n) is 10.5. The number of hydrogen-bond acceptors (Lipinski definition) is 6. The molecule has 1 amide bonds. The highest BCUT2D eigenvalue weighted by Crippen LogP contribution is 2.27. The molecule has 0 aliphatic heterocycles. The van der Waals surface area contributed by atoms with Crippen LogP contribution < -0.4 is 5.32 Å². The van der Waals surface area contributed by atoms with Crippen molar-refractivity contribution in [3.05, 3.63) is 58.9 Å². The first-order valence-corrected chi connectivity index (χ1v) is 12.3. The van der Waals surface area contributed by atoms with Crippen LogP contribution >= 0.6 is 11.6 Å². The van der Waals surface area contributed by atoms with E-state index >= 15 is 0 Å². The number of hydrogen-bond donors (Lipinski definition) is 1. The van der Waals surface area contributed by atoms with Gasteiger partial charge in [-0.25, -0.2) is 8.42 Å². The maximum absolute atomic E-state index is 12.9. The maximum atomic E-state index is 12.9. The van der Waals surface area contributed by atoms with Crippen molar-refractivity contribution in [1.29, 1.82) is 0 Å². The van der Waals surface area contributed by atoms with Crippen LogP contribution in [0.5, 0.6) is 0 Å². The molecule has 0 bridgehead atoms. The van der Waals surface area contributed by atoms with Crippen LogP contribution in [-0.4, -0.2) is 41.9 Å². The highest BCUT2D eigenvalue weighted by atomic mass is 35.5. The number of nitrogens with one attached hydrogen (secondary N) is 1. The lowest BCUT2D eigenvalue weighted by molar-refractivity contribution is 0.102. The van der Waals surface area contributed by atoms with E-state index in [-0.39, 0.29) is 20.9 Å². The number of carbonyl (C=O) groups is 1. The average Bonchev–Trinajstić information content (AvgIpc) is 3.26. The fourth-order valence-corrected chi connectivity index (χ4v) is 5.05. The molecule has 0 saturated carbocycles. The molecule has 3 rings (SSSR count). The van der Waals surface area contributed by atoms with Crippen LogP contribution in [-0.2, 0) is 15.4 Å². The third kappa shape index (κ3) is 5.43. The standard InChI is InChI=1S/C23H27ClN4O4S/c1-6-28(7-2)33(30,31)19-14-16(10-13-18(19)24)21(29)25-17-11-8-15(9-12-17)20-26-22(32-27-20)23(3,4)5/h8-14H,6-7H2,1-5H3,(H,25,29). The van der Waals surface area contributed by atoms with Crippen LogP contribution in [0.25, 0.3) is 11.4 Å². The zero-order chi connectivity index (χ0) is 24.4. The summed E-state index contributed by atoms with van der Waals surface area (Å²) in [6.45, 7) is 10.0. The normalized spacial score (nSPS) is 12.2. The van der Waals surface area contributed by atoms with E-state index in [1.54, 1.807) is 38.1 Å². The first-order chi connectivity index (χ1) is 15.5. The molecule has 2 aromatic carbocycles. The second-order valence-electron chi connectivity index (χ2n) is 8.44. The highest BCUT2D eigenvalue weighted by Gasteiger charge is 2.26. The minimum absolute atomic E-state index is 0.0672. The van der Waals surface area contributed by atoms with Crippen molar-refractivity contribution < 1.29 is 17.7 Å². The molecule has 0 aliphatic carbocycles. The summed E-state index contributed by atoms with van der Waals surface area (Å²) >= 11 is 6.15. The third-order valence-corrected chi connectivity index (χ3v) is 7.52. The molecule has 3 aromatic rings. The number of benzene rings is 2. The van der Waals surface area contributed by atoms with Gasteiger partial charge in [0.05, 0.1) is 5.02 Å². The molecule has 0 aliphatic rings. The maximum Gasteiger partial charge on any atom is 0.255 e. The molecule has 0 unspecified atom stereocenters. The molecule has 33 heavy (non-hydrogen) atoms. The predicted octanol–water partition coefficient (Wildman–Crippen LogP) is 4.97. The van der Waals surface area contributed by atoms with Gasteiger partial charge in [0.2, 0.25) is 21.7 Å². The van der Waals surface area contributed by atoms with Gasteiger partial charge < -0.3 is 9.84 Å². The number of aromatic nitrogens is 2. The Labute approximate surface area is 199 Å². The molecular formula is C23H27ClN4O4S. The van der Waals surface area contributed by atoms with Gasteiger partial charge in [-0.1, -0.05) is 51.4 Å². The summed E-state index contributed by atoms with van der Waals surface area (Å²) in [7, 11) is -3.81. The van der Waals surface area contributed by atoms with E-state index in [2.05, 4.69) is 15.5 Å². The van der Waals surface area contributed by atoms with Gasteiger partial charge in [0.15, 0.2) is 0 Å². The Morgan fingerprint density at radius 2 is 1.73 bits per heavy atom. The molecule has 10 heteroatoms.